The molecule has 2 unspecified atom stereocenters. The SMILES string of the molecule is C=CCOC(=O)N[C@H](C(=O)NN(Cc1ccc(OCc2ccccc2)cc1)CC(O)C(Cc1ccccc1)NC(=O)[C@H](CC(N)=O)NC(=O)c1ccc2ccccc2n1)C(C)C. The molecule has 15 heteroatoms. The predicted molar refractivity (Wildman–Crippen MR) is 234 cm³/mol. The fraction of sp³-hybridized carbons (Fsp3) is 0.277. The van der Waals surface area contributed by atoms with Gasteiger partial charge in [-0.3, -0.25) is 24.6 Å². The van der Waals surface area contributed by atoms with Gasteiger partial charge < -0.3 is 36.3 Å². The van der Waals surface area contributed by atoms with Gasteiger partial charge in [-0.2, -0.15) is 0 Å². The minimum atomic E-state index is -1.42. The summed E-state index contributed by atoms with van der Waals surface area (Å²) in [6.07, 6.45) is -1.18. The molecule has 0 aliphatic carbocycles. The normalized spacial score (nSPS) is 13.0. The number of primary amides is 1. The number of para-hydroxylation sites is 1. The number of hydrogen-bond donors (Lipinski definition) is 6. The number of nitrogens with two attached hydrogens (primary N) is 1. The van der Waals surface area contributed by atoms with Crippen molar-refractivity contribution in [3.05, 3.63) is 156 Å². The van der Waals surface area contributed by atoms with E-state index in [9.17, 15) is 29.1 Å². The van der Waals surface area contributed by atoms with Gasteiger partial charge in [0.1, 0.15) is 36.7 Å². The first-order valence-electron chi connectivity index (χ1n) is 20.2. The summed E-state index contributed by atoms with van der Waals surface area (Å²) in [5.74, 6) is -2.66. The van der Waals surface area contributed by atoms with Crippen LogP contribution in [-0.2, 0) is 38.7 Å². The summed E-state index contributed by atoms with van der Waals surface area (Å²) < 4.78 is 11.0. The fourth-order valence-corrected chi connectivity index (χ4v) is 6.49. The molecule has 5 amide bonds. The van der Waals surface area contributed by atoms with E-state index < -0.39 is 60.4 Å². The predicted octanol–water partition coefficient (Wildman–Crippen LogP) is 4.35. The van der Waals surface area contributed by atoms with Crippen molar-refractivity contribution >= 4 is 40.6 Å². The molecule has 4 aromatic carbocycles. The average Bonchev–Trinajstić information content (AvgIpc) is 3.26. The zero-order valence-corrected chi connectivity index (χ0v) is 34.7. The van der Waals surface area contributed by atoms with Crippen LogP contribution in [0.4, 0.5) is 4.79 Å². The summed E-state index contributed by atoms with van der Waals surface area (Å²) in [6.45, 7) is 7.23. The van der Waals surface area contributed by atoms with E-state index in [0.29, 0.717) is 17.9 Å². The minimum absolute atomic E-state index is 0.0252. The Hall–Kier alpha value is -7.10. The number of rotatable bonds is 22. The lowest BCUT2D eigenvalue weighted by atomic mass is 9.99. The van der Waals surface area contributed by atoms with Crippen molar-refractivity contribution in [2.45, 2.75) is 64.1 Å². The lowest BCUT2D eigenvalue weighted by Gasteiger charge is -2.32. The Balaban J connectivity index is 1.38. The molecule has 0 aliphatic rings. The lowest BCUT2D eigenvalue weighted by Crippen LogP contribution is -2.59. The second-order valence-electron chi connectivity index (χ2n) is 15.0. The molecular formula is C47H53N7O8. The number of pyridine rings is 1. The molecule has 1 heterocycles. The van der Waals surface area contributed by atoms with Crippen molar-refractivity contribution in [2.75, 3.05) is 13.2 Å². The first-order chi connectivity index (χ1) is 29.9. The number of nitrogens with zero attached hydrogens (tertiary/aromatic N) is 2. The van der Waals surface area contributed by atoms with E-state index in [1.165, 1.54) is 17.2 Å². The van der Waals surface area contributed by atoms with E-state index in [1.807, 2.05) is 84.9 Å². The van der Waals surface area contributed by atoms with Crippen LogP contribution in [-0.4, -0.2) is 82.2 Å². The van der Waals surface area contributed by atoms with E-state index in [0.717, 1.165) is 22.1 Å². The molecule has 0 aliphatic heterocycles. The summed E-state index contributed by atoms with van der Waals surface area (Å²) in [6, 6.07) is 33.0. The van der Waals surface area contributed by atoms with Crippen LogP contribution < -0.4 is 31.8 Å². The molecule has 5 rings (SSSR count). The molecular weight excluding hydrogens is 791 g/mol. The van der Waals surface area contributed by atoms with Crippen LogP contribution in [0.3, 0.4) is 0 Å². The Morgan fingerprint density at radius 3 is 2.11 bits per heavy atom. The van der Waals surface area contributed by atoms with Crippen LogP contribution in [0.5, 0.6) is 5.75 Å². The molecule has 4 atom stereocenters. The quantitative estimate of drug-likeness (QED) is 0.0428. The number of amides is 5. The van der Waals surface area contributed by atoms with Crippen molar-refractivity contribution in [2.24, 2.45) is 11.7 Å². The number of nitrogens with one attached hydrogen (secondary N) is 4. The maximum absolute atomic E-state index is 14.0. The van der Waals surface area contributed by atoms with Crippen molar-refractivity contribution in [3.8, 4) is 5.75 Å². The smallest absolute Gasteiger partial charge is 0.408 e. The molecule has 0 saturated heterocycles. The number of ether oxygens (including phenoxy) is 2. The van der Waals surface area contributed by atoms with Crippen molar-refractivity contribution in [1.82, 2.24) is 31.4 Å². The number of carbonyl (C=O) groups is 5. The molecule has 0 bridgehead atoms. The van der Waals surface area contributed by atoms with Gasteiger partial charge in [0.05, 0.1) is 24.1 Å². The highest BCUT2D eigenvalue weighted by Gasteiger charge is 2.32. The molecule has 324 valence electrons. The topological polar surface area (TPSA) is 214 Å². The number of alkyl carbamates (subject to hydrolysis) is 1. The summed E-state index contributed by atoms with van der Waals surface area (Å²) in [5.41, 5.74) is 11.5. The number of aliphatic hydroxyl groups is 1. The van der Waals surface area contributed by atoms with E-state index in [2.05, 4.69) is 32.9 Å². The number of benzene rings is 4. The summed E-state index contributed by atoms with van der Waals surface area (Å²) in [4.78, 5) is 70.4. The molecule has 5 aromatic rings. The highest BCUT2D eigenvalue weighted by atomic mass is 16.5. The van der Waals surface area contributed by atoms with Crippen molar-refractivity contribution < 1.29 is 38.6 Å². The molecule has 0 radical (unpaired) electrons. The van der Waals surface area contributed by atoms with Crippen LogP contribution in [0.15, 0.2) is 134 Å². The second kappa shape index (κ2) is 23.0. The number of hydrazine groups is 1. The van der Waals surface area contributed by atoms with Gasteiger partial charge in [-0.05, 0) is 53.3 Å². The van der Waals surface area contributed by atoms with Gasteiger partial charge in [-0.25, -0.2) is 14.8 Å². The van der Waals surface area contributed by atoms with Gasteiger partial charge in [0, 0.05) is 18.5 Å². The third-order valence-electron chi connectivity index (χ3n) is 9.72. The maximum atomic E-state index is 14.0. The number of aromatic nitrogens is 1. The Morgan fingerprint density at radius 1 is 0.790 bits per heavy atom. The third-order valence-corrected chi connectivity index (χ3v) is 9.72. The Morgan fingerprint density at radius 2 is 1.45 bits per heavy atom. The molecule has 62 heavy (non-hydrogen) atoms. The molecule has 0 spiro atoms. The van der Waals surface area contributed by atoms with Gasteiger partial charge >= 0.3 is 6.09 Å². The Kier molecular flexibility index (Phi) is 17.1. The molecule has 15 nitrogen and oxygen atoms in total. The Labute approximate surface area is 360 Å². The van der Waals surface area contributed by atoms with E-state index in [4.69, 9.17) is 15.2 Å². The van der Waals surface area contributed by atoms with Gasteiger partial charge in [-0.1, -0.05) is 124 Å². The van der Waals surface area contributed by atoms with Crippen LogP contribution in [0.2, 0.25) is 0 Å². The highest BCUT2D eigenvalue weighted by Crippen LogP contribution is 2.17. The molecule has 1 aromatic heterocycles. The van der Waals surface area contributed by atoms with Crippen LogP contribution in [0, 0.1) is 5.92 Å². The van der Waals surface area contributed by atoms with Crippen LogP contribution in [0.1, 0.15) is 47.4 Å². The van der Waals surface area contributed by atoms with Gasteiger partial charge in [-0.15, -0.1) is 0 Å². The zero-order valence-electron chi connectivity index (χ0n) is 34.7. The first kappa shape index (κ1) is 46.0. The standard InChI is InChI=1S/C47H53N7O8/c1-4-25-61-47(60)52-43(31(2)3)46(59)53-54(28-33-19-22-36(23-20-33)62-30-34-15-9-6-10-16-34)29-41(55)39(26-32-13-7-5-8-14-32)50-45(58)40(27-42(48)56)51-44(57)38-24-21-35-17-11-12-18-37(35)49-38/h4-24,31,39-41,43,55H,1,25-30H2,2-3H3,(H2,48,56)(H,50,58)(H,51,57)(H,52,60)(H,53,59)/t39?,40-,41?,43-/m0/s1. The lowest BCUT2D eigenvalue weighted by molar-refractivity contribution is -0.131. The highest BCUT2D eigenvalue weighted by molar-refractivity contribution is 5.99. The summed E-state index contributed by atoms with van der Waals surface area (Å²) in [7, 11) is 0. The fourth-order valence-electron chi connectivity index (χ4n) is 6.49. The number of carbonyl (C=O) groups excluding carboxylic acids is 5. The van der Waals surface area contributed by atoms with Crippen molar-refractivity contribution in [1.29, 1.82) is 0 Å². The first-order valence-corrected chi connectivity index (χ1v) is 20.2. The third kappa shape index (κ3) is 14.3. The minimum Gasteiger partial charge on any atom is -0.489 e. The van der Waals surface area contributed by atoms with Crippen LogP contribution >= 0.6 is 0 Å². The number of aliphatic hydroxyl groups excluding tert-OH is 1. The number of hydrogen-bond acceptors (Lipinski definition) is 10. The van der Waals surface area contributed by atoms with Gasteiger partial charge in [0.15, 0.2) is 0 Å². The monoisotopic (exact) mass is 843 g/mol. The van der Waals surface area contributed by atoms with Gasteiger partial charge in [0.25, 0.3) is 11.8 Å². The molecule has 7 N–H and O–H groups in total. The molecule has 0 fully saturated rings. The summed E-state index contributed by atoms with van der Waals surface area (Å²) >= 11 is 0. The Bertz CT molecular complexity index is 2280. The average molecular weight is 844 g/mol. The van der Waals surface area contributed by atoms with E-state index >= 15 is 0 Å². The van der Waals surface area contributed by atoms with Crippen LogP contribution in [0.25, 0.3) is 10.9 Å². The second-order valence-corrected chi connectivity index (χ2v) is 15.0. The largest absolute Gasteiger partial charge is 0.489 e. The van der Waals surface area contributed by atoms with Gasteiger partial charge in [0.2, 0.25) is 11.8 Å². The number of fused-ring (bicyclic) bond motifs is 1. The van der Waals surface area contributed by atoms with E-state index in [-0.39, 0.29) is 37.7 Å². The molecule has 0 saturated carbocycles. The van der Waals surface area contributed by atoms with Crippen molar-refractivity contribution in [3.63, 3.8) is 0 Å². The summed E-state index contributed by atoms with van der Waals surface area (Å²) in [5, 5.41) is 22.3. The zero-order chi connectivity index (χ0) is 44.4. The maximum Gasteiger partial charge on any atom is 0.408 e. The van der Waals surface area contributed by atoms with E-state index in [1.54, 1.807) is 44.2 Å².